The molecule has 0 aromatic carbocycles. The number of rotatable bonds is 4. The highest BCUT2D eigenvalue weighted by Gasteiger charge is 2.04. The van der Waals surface area contributed by atoms with Crippen molar-refractivity contribution < 1.29 is 9.00 Å². The van der Waals surface area contributed by atoms with Crippen LogP contribution >= 0.6 is 0 Å². The molecule has 14 heavy (non-hydrogen) atoms. The molecule has 76 valence electrons. The minimum Gasteiger partial charge on any atom is -0.366 e. The zero-order valence-electron chi connectivity index (χ0n) is 7.47. The topological polar surface area (TPSA) is 99.1 Å². The summed E-state index contributed by atoms with van der Waals surface area (Å²) in [5.41, 5.74) is 11.3. The number of pyridine rings is 1. The summed E-state index contributed by atoms with van der Waals surface area (Å²) in [5, 5.41) is 0. The maximum atomic E-state index is 11.1. The number of hydrogen-bond donors (Lipinski definition) is 2. The van der Waals surface area contributed by atoms with Crippen molar-refractivity contribution in [1.82, 2.24) is 4.98 Å². The number of primary amides is 1. The minimum atomic E-state index is -1.11. The van der Waals surface area contributed by atoms with Crippen molar-refractivity contribution >= 4 is 16.7 Å². The first-order valence-corrected chi connectivity index (χ1v) is 5.41. The summed E-state index contributed by atoms with van der Waals surface area (Å²) in [6.45, 7) is 0. The SMILES string of the molecule is NCS(=O)Cc1cncc(C(N)=O)c1. The van der Waals surface area contributed by atoms with Crippen molar-refractivity contribution in [2.75, 3.05) is 5.88 Å². The molecule has 0 saturated carbocycles. The van der Waals surface area contributed by atoms with Crippen LogP contribution in [-0.4, -0.2) is 21.0 Å². The Morgan fingerprint density at radius 3 is 2.79 bits per heavy atom. The Morgan fingerprint density at radius 1 is 1.50 bits per heavy atom. The van der Waals surface area contributed by atoms with E-state index in [1.807, 2.05) is 0 Å². The first-order chi connectivity index (χ1) is 6.63. The van der Waals surface area contributed by atoms with Crippen molar-refractivity contribution in [3.63, 3.8) is 0 Å². The molecule has 1 rings (SSSR count). The zero-order chi connectivity index (χ0) is 10.6. The molecule has 6 heteroatoms. The van der Waals surface area contributed by atoms with E-state index in [1.54, 1.807) is 12.3 Å². The zero-order valence-corrected chi connectivity index (χ0v) is 8.29. The van der Waals surface area contributed by atoms with Crippen LogP contribution in [0.4, 0.5) is 0 Å². The van der Waals surface area contributed by atoms with Crippen LogP contribution in [0.2, 0.25) is 0 Å². The van der Waals surface area contributed by atoms with Crippen molar-refractivity contribution in [1.29, 1.82) is 0 Å². The fourth-order valence-corrected chi connectivity index (χ4v) is 1.59. The van der Waals surface area contributed by atoms with Crippen LogP contribution in [0.25, 0.3) is 0 Å². The molecule has 1 aromatic rings. The predicted molar refractivity (Wildman–Crippen MR) is 53.7 cm³/mol. The highest BCUT2D eigenvalue weighted by molar-refractivity contribution is 7.84. The lowest BCUT2D eigenvalue weighted by Gasteiger charge is -2.00. The van der Waals surface area contributed by atoms with Gasteiger partial charge in [0.05, 0.1) is 17.2 Å². The Bertz CT molecular complexity index is 367. The third-order valence-electron chi connectivity index (χ3n) is 1.59. The van der Waals surface area contributed by atoms with E-state index in [4.69, 9.17) is 11.5 Å². The summed E-state index contributed by atoms with van der Waals surface area (Å²) in [7, 11) is -1.11. The van der Waals surface area contributed by atoms with E-state index in [9.17, 15) is 9.00 Å². The second-order valence-electron chi connectivity index (χ2n) is 2.70. The first kappa shape index (κ1) is 10.8. The van der Waals surface area contributed by atoms with Crippen LogP contribution in [0.5, 0.6) is 0 Å². The monoisotopic (exact) mass is 213 g/mol. The van der Waals surface area contributed by atoms with E-state index in [0.29, 0.717) is 16.9 Å². The highest BCUT2D eigenvalue weighted by Crippen LogP contribution is 2.04. The summed E-state index contributed by atoms with van der Waals surface area (Å²) in [4.78, 5) is 14.6. The molecule has 0 aliphatic heterocycles. The molecule has 0 fully saturated rings. The van der Waals surface area contributed by atoms with Gasteiger partial charge in [-0.25, -0.2) is 0 Å². The quantitative estimate of drug-likeness (QED) is 0.693. The van der Waals surface area contributed by atoms with Gasteiger partial charge < -0.3 is 11.5 Å². The van der Waals surface area contributed by atoms with E-state index >= 15 is 0 Å². The average molecular weight is 213 g/mol. The Hall–Kier alpha value is -1.27. The Morgan fingerprint density at radius 2 is 2.21 bits per heavy atom. The van der Waals surface area contributed by atoms with Crippen LogP contribution < -0.4 is 11.5 Å². The molecule has 0 spiro atoms. The van der Waals surface area contributed by atoms with Gasteiger partial charge in [-0.1, -0.05) is 0 Å². The smallest absolute Gasteiger partial charge is 0.250 e. The maximum Gasteiger partial charge on any atom is 0.250 e. The van der Waals surface area contributed by atoms with Gasteiger partial charge in [0.25, 0.3) is 0 Å². The third kappa shape index (κ3) is 2.90. The second-order valence-corrected chi connectivity index (χ2v) is 4.20. The molecule has 1 amide bonds. The Kier molecular flexibility index (Phi) is 3.73. The molecule has 5 nitrogen and oxygen atoms in total. The first-order valence-electron chi connectivity index (χ1n) is 3.92. The summed E-state index contributed by atoms with van der Waals surface area (Å²) in [5.74, 6) is -0.149. The molecule has 4 N–H and O–H groups in total. The molecule has 1 heterocycles. The molecule has 0 radical (unpaired) electrons. The molecule has 0 bridgehead atoms. The van der Waals surface area contributed by atoms with Crippen LogP contribution in [0.3, 0.4) is 0 Å². The highest BCUT2D eigenvalue weighted by atomic mass is 32.2. The summed E-state index contributed by atoms with van der Waals surface area (Å²) in [6.07, 6.45) is 2.91. The van der Waals surface area contributed by atoms with Gasteiger partial charge >= 0.3 is 0 Å². The van der Waals surface area contributed by atoms with E-state index in [1.165, 1.54) is 6.20 Å². The van der Waals surface area contributed by atoms with Crippen LogP contribution in [-0.2, 0) is 16.6 Å². The molecule has 0 saturated heterocycles. The second kappa shape index (κ2) is 4.83. The number of nitrogens with two attached hydrogens (primary N) is 2. The number of hydrogen-bond acceptors (Lipinski definition) is 4. The van der Waals surface area contributed by atoms with Crippen molar-refractivity contribution in [3.05, 3.63) is 29.6 Å². The van der Waals surface area contributed by atoms with Crippen molar-refractivity contribution in [3.8, 4) is 0 Å². The summed E-state index contributed by atoms with van der Waals surface area (Å²) >= 11 is 0. The van der Waals surface area contributed by atoms with Gasteiger partial charge in [-0.05, 0) is 11.6 Å². The normalized spacial score (nSPS) is 12.4. The summed E-state index contributed by atoms with van der Waals surface area (Å²) in [6, 6.07) is 1.57. The molecular formula is C8H11N3O2S. The van der Waals surface area contributed by atoms with Crippen LogP contribution in [0, 0.1) is 0 Å². The fourth-order valence-electron chi connectivity index (χ4n) is 0.946. The Balaban J connectivity index is 2.83. The van der Waals surface area contributed by atoms with Gasteiger partial charge in [-0.2, -0.15) is 0 Å². The number of carbonyl (C=O) groups is 1. The number of nitrogens with zero attached hydrogens (tertiary/aromatic N) is 1. The molecule has 0 aliphatic carbocycles. The van der Waals surface area contributed by atoms with Crippen molar-refractivity contribution in [2.45, 2.75) is 5.75 Å². The lowest BCUT2D eigenvalue weighted by atomic mass is 10.2. The molecule has 1 aromatic heterocycles. The van der Waals surface area contributed by atoms with Crippen LogP contribution in [0.15, 0.2) is 18.5 Å². The summed E-state index contributed by atoms with van der Waals surface area (Å²) < 4.78 is 11.1. The van der Waals surface area contributed by atoms with Gasteiger partial charge in [-0.15, -0.1) is 0 Å². The minimum absolute atomic E-state index is 0.0980. The lowest BCUT2D eigenvalue weighted by Crippen LogP contribution is -2.13. The maximum absolute atomic E-state index is 11.1. The Labute approximate surface area is 84.0 Å². The van der Waals surface area contributed by atoms with Gasteiger partial charge in [0.2, 0.25) is 5.91 Å². The molecule has 1 atom stereocenters. The van der Waals surface area contributed by atoms with Gasteiger partial charge in [-0.3, -0.25) is 14.0 Å². The van der Waals surface area contributed by atoms with E-state index in [-0.39, 0.29) is 5.88 Å². The van der Waals surface area contributed by atoms with Gasteiger partial charge in [0, 0.05) is 23.2 Å². The van der Waals surface area contributed by atoms with E-state index in [0.717, 1.165) is 0 Å². The van der Waals surface area contributed by atoms with Gasteiger partial charge in [0.1, 0.15) is 0 Å². The molecular weight excluding hydrogens is 202 g/mol. The predicted octanol–water partition coefficient (Wildman–Crippen LogP) is -0.655. The van der Waals surface area contributed by atoms with Crippen molar-refractivity contribution in [2.24, 2.45) is 11.5 Å². The van der Waals surface area contributed by atoms with Crippen LogP contribution in [0.1, 0.15) is 15.9 Å². The average Bonchev–Trinajstić information content (AvgIpc) is 2.18. The molecule has 1 unspecified atom stereocenters. The van der Waals surface area contributed by atoms with E-state index < -0.39 is 16.7 Å². The number of amides is 1. The van der Waals surface area contributed by atoms with E-state index in [2.05, 4.69) is 4.98 Å². The third-order valence-corrected chi connectivity index (χ3v) is 2.62. The standard InChI is InChI=1S/C8H11N3O2S/c9-5-14(13)4-6-1-7(8(10)12)3-11-2-6/h1-3H,4-5,9H2,(H2,10,12). The number of carbonyl (C=O) groups excluding carboxylic acids is 1. The lowest BCUT2D eigenvalue weighted by molar-refractivity contribution is 0.1000. The fraction of sp³-hybridized carbons (Fsp3) is 0.250. The largest absolute Gasteiger partial charge is 0.366 e. The van der Waals surface area contributed by atoms with Gasteiger partial charge in [0.15, 0.2) is 0 Å². The molecule has 0 aliphatic rings. The number of aromatic nitrogens is 1.